The molecule has 0 saturated heterocycles. The Labute approximate surface area is 221 Å². The molecular formula is C38H22. The summed E-state index contributed by atoms with van der Waals surface area (Å²) >= 11 is 0. The molecule has 11 rings (SSSR count). The van der Waals surface area contributed by atoms with Crippen LogP contribution >= 0.6 is 0 Å². The first-order chi connectivity index (χ1) is 18.8. The van der Waals surface area contributed by atoms with Gasteiger partial charge in [0.2, 0.25) is 0 Å². The van der Waals surface area contributed by atoms with Crippen molar-refractivity contribution in [1.29, 1.82) is 0 Å². The van der Waals surface area contributed by atoms with Gasteiger partial charge in [0.1, 0.15) is 0 Å². The van der Waals surface area contributed by atoms with Gasteiger partial charge in [0, 0.05) is 0 Å². The third-order valence-corrected chi connectivity index (χ3v) is 10.2. The summed E-state index contributed by atoms with van der Waals surface area (Å²) in [7, 11) is 0. The molecule has 38 heavy (non-hydrogen) atoms. The predicted molar refractivity (Wildman–Crippen MR) is 156 cm³/mol. The third kappa shape index (κ3) is 1.93. The van der Waals surface area contributed by atoms with Gasteiger partial charge in [-0.3, -0.25) is 0 Å². The van der Waals surface area contributed by atoms with E-state index in [9.17, 15) is 0 Å². The zero-order valence-electron chi connectivity index (χ0n) is 20.9. The summed E-state index contributed by atoms with van der Waals surface area (Å²) < 4.78 is 0. The molecule has 0 unspecified atom stereocenters. The van der Waals surface area contributed by atoms with E-state index in [1.54, 1.807) is 50.1 Å². The Morgan fingerprint density at radius 2 is 0.816 bits per heavy atom. The molecule has 0 saturated carbocycles. The Kier molecular flexibility index (Phi) is 2.96. The van der Waals surface area contributed by atoms with Gasteiger partial charge in [-0.05, 0) is 143 Å². The number of hydrogen-bond donors (Lipinski definition) is 0. The Morgan fingerprint density at radius 3 is 1.45 bits per heavy atom. The summed E-state index contributed by atoms with van der Waals surface area (Å²) in [6.07, 6.45) is 4.20. The van der Waals surface area contributed by atoms with Crippen LogP contribution in [0.15, 0.2) is 84.9 Å². The van der Waals surface area contributed by atoms with Gasteiger partial charge in [-0.1, -0.05) is 78.9 Å². The molecule has 0 radical (unpaired) electrons. The highest BCUT2D eigenvalue weighted by atomic mass is 14.4. The van der Waals surface area contributed by atoms with Gasteiger partial charge >= 0.3 is 0 Å². The third-order valence-electron chi connectivity index (χ3n) is 10.2. The highest BCUT2D eigenvalue weighted by molar-refractivity contribution is 6.15. The molecule has 0 amide bonds. The zero-order valence-corrected chi connectivity index (χ0v) is 20.9. The second-order valence-corrected chi connectivity index (χ2v) is 11.9. The van der Waals surface area contributed by atoms with E-state index in [0.29, 0.717) is 0 Å². The number of benzene rings is 6. The summed E-state index contributed by atoms with van der Waals surface area (Å²) in [4.78, 5) is 0. The van der Waals surface area contributed by atoms with Crippen molar-refractivity contribution in [3.63, 3.8) is 0 Å². The molecule has 6 aromatic carbocycles. The van der Waals surface area contributed by atoms with Crippen LogP contribution in [0.3, 0.4) is 0 Å². The molecular weight excluding hydrogens is 456 g/mol. The fourth-order valence-electron chi connectivity index (χ4n) is 8.83. The van der Waals surface area contributed by atoms with Gasteiger partial charge in [0.15, 0.2) is 0 Å². The normalized spacial score (nSPS) is 14.9. The lowest BCUT2D eigenvalue weighted by Crippen LogP contribution is -1.98. The van der Waals surface area contributed by atoms with E-state index in [4.69, 9.17) is 0 Å². The second kappa shape index (κ2) is 6.00. The van der Waals surface area contributed by atoms with Gasteiger partial charge in [-0.25, -0.2) is 0 Å². The van der Waals surface area contributed by atoms with Crippen LogP contribution in [-0.2, 0) is 25.7 Å². The largest absolute Gasteiger partial charge is 0.0616 e. The minimum absolute atomic E-state index is 1.03. The summed E-state index contributed by atoms with van der Waals surface area (Å²) in [6.45, 7) is 0. The smallest absolute Gasteiger partial charge is 0.000682 e. The Bertz CT molecular complexity index is 2170. The maximum absolute atomic E-state index is 2.57. The molecule has 6 aromatic rings. The Balaban J connectivity index is 1.37. The molecule has 0 spiro atoms. The zero-order chi connectivity index (χ0) is 24.3. The second-order valence-electron chi connectivity index (χ2n) is 11.9. The lowest BCUT2D eigenvalue weighted by molar-refractivity contribution is 1.21. The van der Waals surface area contributed by atoms with E-state index >= 15 is 0 Å². The van der Waals surface area contributed by atoms with Crippen molar-refractivity contribution >= 4 is 10.8 Å². The predicted octanol–water partition coefficient (Wildman–Crippen LogP) is 9.11. The molecule has 0 heteroatoms. The first-order valence-corrected chi connectivity index (χ1v) is 14.0. The SMILES string of the molecule is c1ccc2c(-c3cc4c5c6c3Cc3ccc7c(c3-6)-c3c(ccc6c3-c3c(ccc(c3-5)C4)C6)C7)cccc2c1. The van der Waals surface area contributed by atoms with Crippen LogP contribution in [0.2, 0.25) is 0 Å². The van der Waals surface area contributed by atoms with E-state index in [-0.39, 0.29) is 0 Å². The van der Waals surface area contributed by atoms with Crippen molar-refractivity contribution in [2.24, 2.45) is 0 Å². The molecule has 0 N–H and O–H groups in total. The van der Waals surface area contributed by atoms with Gasteiger partial charge in [-0.2, -0.15) is 0 Å². The van der Waals surface area contributed by atoms with Crippen molar-refractivity contribution in [1.82, 2.24) is 0 Å². The van der Waals surface area contributed by atoms with Gasteiger partial charge < -0.3 is 0 Å². The van der Waals surface area contributed by atoms with Crippen molar-refractivity contribution in [2.45, 2.75) is 25.7 Å². The first-order valence-electron chi connectivity index (χ1n) is 14.0. The van der Waals surface area contributed by atoms with Crippen LogP contribution in [0, 0.1) is 0 Å². The molecule has 0 bridgehead atoms. The van der Waals surface area contributed by atoms with Crippen LogP contribution in [0.4, 0.5) is 0 Å². The summed E-state index contributed by atoms with van der Waals surface area (Å²) in [5, 5.41) is 2.68. The summed E-state index contributed by atoms with van der Waals surface area (Å²) in [6, 6.07) is 33.0. The van der Waals surface area contributed by atoms with Crippen LogP contribution in [0.5, 0.6) is 0 Å². The standard InChI is InChI=1S/C38H22/c1-2-6-27-19(4-1)5-3-7-28(27)29-18-26-16-24-11-10-22-14-20-8-9-21-15-23-12-13-25-17-30(29)38-36(25)34(23)32(21)31(20)33(22)35(24)37(26)38/h1-13,18H,14-17H2. The molecule has 0 aliphatic heterocycles. The molecule has 0 fully saturated rings. The van der Waals surface area contributed by atoms with Crippen LogP contribution < -0.4 is 0 Å². The molecule has 174 valence electrons. The van der Waals surface area contributed by atoms with Gasteiger partial charge in [0.25, 0.3) is 0 Å². The Hall–Kier alpha value is -4.42. The van der Waals surface area contributed by atoms with Crippen molar-refractivity contribution in [2.75, 3.05) is 0 Å². The van der Waals surface area contributed by atoms with Gasteiger partial charge in [0.05, 0.1) is 0 Å². The van der Waals surface area contributed by atoms with E-state index in [0.717, 1.165) is 25.7 Å². The lowest BCUT2D eigenvalue weighted by Gasteiger charge is -2.23. The minimum atomic E-state index is 1.03. The van der Waals surface area contributed by atoms with Crippen molar-refractivity contribution in [3.8, 4) is 55.6 Å². The maximum Gasteiger partial charge on any atom is -0.000682 e. The first kappa shape index (κ1) is 18.8. The molecule has 5 aliphatic rings. The van der Waals surface area contributed by atoms with Crippen LogP contribution in [-0.4, -0.2) is 0 Å². The number of fused-ring (bicyclic) bond motifs is 1. The summed E-state index contributed by atoms with van der Waals surface area (Å²) in [5.74, 6) is 0. The highest BCUT2D eigenvalue weighted by Gasteiger charge is 2.42. The number of rotatable bonds is 1. The number of hydrogen-bond acceptors (Lipinski definition) is 0. The molecule has 0 atom stereocenters. The van der Waals surface area contributed by atoms with Gasteiger partial charge in [-0.15, -0.1) is 0 Å². The van der Waals surface area contributed by atoms with E-state index in [1.165, 1.54) is 60.8 Å². The molecule has 0 heterocycles. The average molecular weight is 479 g/mol. The van der Waals surface area contributed by atoms with E-state index in [2.05, 4.69) is 84.9 Å². The Morgan fingerprint density at radius 1 is 0.342 bits per heavy atom. The van der Waals surface area contributed by atoms with E-state index < -0.39 is 0 Å². The van der Waals surface area contributed by atoms with E-state index in [1.807, 2.05) is 0 Å². The monoisotopic (exact) mass is 478 g/mol. The fourth-order valence-corrected chi connectivity index (χ4v) is 8.83. The summed E-state index contributed by atoms with van der Waals surface area (Å²) in [5.41, 5.74) is 27.5. The molecule has 0 nitrogen and oxygen atoms in total. The topological polar surface area (TPSA) is 0 Å². The molecule has 5 aliphatic carbocycles. The lowest BCUT2D eigenvalue weighted by atomic mass is 9.80. The quantitative estimate of drug-likeness (QED) is 0.221. The van der Waals surface area contributed by atoms with Crippen molar-refractivity contribution in [3.05, 3.63) is 129 Å². The fraction of sp³-hybridized carbons (Fsp3) is 0.105. The van der Waals surface area contributed by atoms with Crippen LogP contribution in [0.25, 0.3) is 66.4 Å². The van der Waals surface area contributed by atoms with Crippen LogP contribution in [0.1, 0.15) is 44.5 Å². The average Bonchev–Trinajstić information content (AvgIpc) is 3.68. The minimum Gasteiger partial charge on any atom is -0.0616 e. The van der Waals surface area contributed by atoms with Crippen molar-refractivity contribution < 1.29 is 0 Å². The maximum atomic E-state index is 2.57. The molecule has 0 aromatic heterocycles. The highest BCUT2D eigenvalue weighted by Crippen LogP contribution is 2.63.